The quantitative estimate of drug-likeness (QED) is 0.912. The van der Waals surface area contributed by atoms with Crippen LogP contribution in [0.5, 0.6) is 0 Å². The van der Waals surface area contributed by atoms with Gasteiger partial charge in [-0.1, -0.05) is 22.9 Å². The first kappa shape index (κ1) is 12.9. The van der Waals surface area contributed by atoms with E-state index in [4.69, 9.17) is 5.73 Å². The molecule has 2 rings (SSSR count). The van der Waals surface area contributed by atoms with Gasteiger partial charge in [0.25, 0.3) is 0 Å². The summed E-state index contributed by atoms with van der Waals surface area (Å²) in [6.45, 7) is 3.30. The van der Waals surface area contributed by atoms with E-state index in [9.17, 15) is 4.79 Å². The molecule has 1 aromatic rings. The van der Waals surface area contributed by atoms with Crippen LogP contribution in [-0.2, 0) is 4.79 Å². The summed E-state index contributed by atoms with van der Waals surface area (Å²) in [6, 6.07) is 6.07. The van der Waals surface area contributed by atoms with E-state index in [1.54, 1.807) is 0 Å². The molecule has 1 aromatic carbocycles. The van der Waals surface area contributed by atoms with Crippen molar-refractivity contribution in [3.63, 3.8) is 0 Å². The van der Waals surface area contributed by atoms with Crippen LogP contribution in [0.1, 0.15) is 13.3 Å². The topological polar surface area (TPSA) is 46.3 Å². The van der Waals surface area contributed by atoms with Crippen LogP contribution in [0.2, 0.25) is 0 Å². The van der Waals surface area contributed by atoms with Gasteiger partial charge in [-0.15, -0.1) is 11.8 Å². The average Bonchev–Trinajstić information content (AvgIpc) is 2.29. The maximum absolute atomic E-state index is 12.0. The molecule has 0 aliphatic carbocycles. The number of halogens is 1. The molecule has 1 aliphatic heterocycles. The number of rotatable bonds is 2. The number of carbonyl (C=O) groups is 1. The fraction of sp³-hybridized carbons (Fsp3) is 0.417. The van der Waals surface area contributed by atoms with E-state index >= 15 is 0 Å². The van der Waals surface area contributed by atoms with E-state index in [0.29, 0.717) is 18.2 Å². The predicted octanol–water partition coefficient (Wildman–Crippen LogP) is 2.63. The number of anilines is 1. The predicted molar refractivity (Wildman–Crippen MR) is 75.5 cm³/mol. The highest BCUT2D eigenvalue weighted by Gasteiger charge is 2.26. The van der Waals surface area contributed by atoms with Gasteiger partial charge >= 0.3 is 0 Å². The van der Waals surface area contributed by atoms with E-state index < -0.39 is 0 Å². The third-order valence-corrected chi connectivity index (χ3v) is 4.28. The second-order valence-corrected chi connectivity index (χ2v) is 6.48. The number of nitrogens with zero attached hydrogens (tertiary/aromatic N) is 1. The molecule has 3 nitrogen and oxygen atoms in total. The molecule has 92 valence electrons. The Labute approximate surface area is 114 Å². The molecule has 0 spiro atoms. The Morgan fingerprint density at radius 1 is 1.65 bits per heavy atom. The van der Waals surface area contributed by atoms with Crippen molar-refractivity contribution in [1.82, 2.24) is 0 Å². The lowest BCUT2D eigenvalue weighted by molar-refractivity contribution is -0.118. The van der Waals surface area contributed by atoms with Crippen molar-refractivity contribution >= 4 is 39.3 Å². The summed E-state index contributed by atoms with van der Waals surface area (Å²) in [6.07, 6.45) is 0.406. The third kappa shape index (κ3) is 2.84. The lowest BCUT2D eigenvalue weighted by atomic mass is 10.2. The van der Waals surface area contributed by atoms with Crippen LogP contribution >= 0.6 is 27.7 Å². The fourth-order valence-electron chi connectivity index (χ4n) is 1.91. The number of thioether (sulfide) groups is 1. The maximum Gasteiger partial charge on any atom is 0.228 e. The SMILES string of the molecule is CC1CN(C(=O)CCN)c2cc(Br)ccc2S1. The largest absolute Gasteiger partial charge is 0.330 e. The van der Waals surface area contributed by atoms with Gasteiger partial charge in [-0.25, -0.2) is 0 Å². The van der Waals surface area contributed by atoms with Crippen LogP contribution in [-0.4, -0.2) is 24.2 Å². The van der Waals surface area contributed by atoms with Crippen molar-refractivity contribution < 1.29 is 4.79 Å². The Morgan fingerprint density at radius 2 is 2.41 bits per heavy atom. The monoisotopic (exact) mass is 314 g/mol. The molecule has 0 radical (unpaired) electrons. The molecule has 1 unspecified atom stereocenters. The van der Waals surface area contributed by atoms with Gasteiger partial charge in [-0.2, -0.15) is 0 Å². The number of hydrogen-bond donors (Lipinski definition) is 1. The lowest BCUT2D eigenvalue weighted by Gasteiger charge is -2.32. The lowest BCUT2D eigenvalue weighted by Crippen LogP contribution is -2.39. The number of amides is 1. The zero-order valence-corrected chi connectivity index (χ0v) is 12.1. The molecule has 1 atom stereocenters. The average molecular weight is 315 g/mol. The molecule has 1 heterocycles. The molecule has 0 saturated heterocycles. The normalized spacial score (nSPS) is 19.0. The molecule has 0 bridgehead atoms. The first-order valence-electron chi connectivity index (χ1n) is 5.58. The summed E-state index contributed by atoms with van der Waals surface area (Å²) in [5.41, 5.74) is 6.46. The smallest absolute Gasteiger partial charge is 0.228 e. The zero-order chi connectivity index (χ0) is 12.4. The molecule has 1 amide bonds. The van der Waals surface area contributed by atoms with Gasteiger partial charge in [0.15, 0.2) is 0 Å². The van der Waals surface area contributed by atoms with Crippen LogP contribution in [0.4, 0.5) is 5.69 Å². The minimum absolute atomic E-state index is 0.110. The molecule has 5 heteroatoms. The highest BCUT2D eigenvalue weighted by molar-refractivity contribution is 9.10. The van der Waals surface area contributed by atoms with Crippen molar-refractivity contribution in [2.75, 3.05) is 18.0 Å². The second-order valence-electron chi connectivity index (χ2n) is 4.08. The number of carbonyl (C=O) groups excluding carboxylic acids is 1. The van der Waals surface area contributed by atoms with Crippen LogP contribution in [0.3, 0.4) is 0 Å². The molecule has 0 saturated carbocycles. The summed E-state index contributed by atoms with van der Waals surface area (Å²) < 4.78 is 0.997. The highest BCUT2D eigenvalue weighted by Crippen LogP contribution is 2.39. The molecular formula is C12H15BrN2OS. The molecule has 0 fully saturated rings. The van der Waals surface area contributed by atoms with E-state index in [0.717, 1.165) is 21.6 Å². The Balaban J connectivity index is 2.35. The van der Waals surface area contributed by atoms with Crippen molar-refractivity contribution in [2.24, 2.45) is 5.73 Å². The minimum Gasteiger partial charge on any atom is -0.330 e. The summed E-state index contributed by atoms with van der Waals surface area (Å²) in [7, 11) is 0. The van der Waals surface area contributed by atoms with Crippen molar-refractivity contribution in [3.05, 3.63) is 22.7 Å². The van der Waals surface area contributed by atoms with Crippen LogP contribution in [0, 0.1) is 0 Å². The Kier molecular flexibility index (Phi) is 4.12. The van der Waals surface area contributed by atoms with Crippen LogP contribution in [0.25, 0.3) is 0 Å². The van der Waals surface area contributed by atoms with E-state index in [1.165, 1.54) is 0 Å². The fourth-order valence-corrected chi connectivity index (χ4v) is 3.35. The van der Waals surface area contributed by atoms with Crippen LogP contribution < -0.4 is 10.6 Å². The minimum atomic E-state index is 0.110. The first-order valence-corrected chi connectivity index (χ1v) is 7.25. The summed E-state index contributed by atoms with van der Waals surface area (Å²) in [5, 5.41) is 0.422. The number of hydrogen-bond acceptors (Lipinski definition) is 3. The summed E-state index contributed by atoms with van der Waals surface area (Å²) >= 11 is 5.26. The molecular weight excluding hydrogens is 300 g/mol. The summed E-state index contributed by atoms with van der Waals surface area (Å²) in [5.74, 6) is 0.110. The second kappa shape index (κ2) is 5.42. The van der Waals surface area contributed by atoms with Gasteiger partial charge in [-0.3, -0.25) is 4.79 Å². The van der Waals surface area contributed by atoms with Gasteiger partial charge in [0.05, 0.1) is 5.69 Å². The third-order valence-electron chi connectivity index (χ3n) is 2.64. The van der Waals surface area contributed by atoms with Gasteiger partial charge in [-0.05, 0) is 18.2 Å². The number of benzene rings is 1. The summed E-state index contributed by atoms with van der Waals surface area (Å²) in [4.78, 5) is 15.1. The Hall–Kier alpha value is -0.520. The van der Waals surface area contributed by atoms with Gasteiger partial charge in [0, 0.05) is 34.1 Å². The molecule has 1 aliphatic rings. The zero-order valence-electron chi connectivity index (χ0n) is 9.65. The first-order chi connectivity index (χ1) is 8.11. The van der Waals surface area contributed by atoms with Crippen molar-refractivity contribution in [3.8, 4) is 0 Å². The van der Waals surface area contributed by atoms with Gasteiger partial charge < -0.3 is 10.6 Å². The van der Waals surface area contributed by atoms with Crippen LogP contribution in [0.15, 0.2) is 27.6 Å². The molecule has 2 N–H and O–H groups in total. The molecule has 0 aromatic heterocycles. The Morgan fingerprint density at radius 3 is 3.12 bits per heavy atom. The van der Waals surface area contributed by atoms with Crippen molar-refractivity contribution in [2.45, 2.75) is 23.5 Å². The van der Waals surface area contributed by atoms with E-state index in [1.807, 2.05) is 28.8 Å². The number of fused-ring (bicyclic) bond motifs is 1. The molecule has 17 heavy (non-hydrogen) atoms. The Bertz CT molecular complexity index is 439. The highest BCUT2D eigenvalue weighted by atomic mass is 79.9. The van der Waals surface area contributed by atoms with Gasteiger partial charge in [0.2, 0.25) is 5.91 Å². The van der Waals surface area contributed by atoms with Gasteiger partial charge in [0.1, 0.15) is 0 Å². The van der Waals surface area contributed by atoms with E-state index in [-0.39, 0.29) is 5.91 Å². The van der Waals surface area contributed by atoms with Crippen molar-refractivity contribution in [1.29, 1.82) is 0 Å². The standard InChI is InChI=1S/C12H15BrN2OS/c1-8-7-15(12(16)4-5-14)10-6-9(13)2-3-11(10)17-8/h2-3,6,8H,4-5,7,14H2,1H3. The number of nitrogens with two attached hydrogens (primary N) is 1. The maximum atomic E-state index is 12.0. The van der Waals surface area contributed by atoms with E-state index in [2.05, 4.69) is 28.9 Å².